The largest absolute Gasteiger partial charge is 0.369 e. The van der Waals surface area contributed by atoms with Crippen molar-refractivity contribution in [2.45, 2.75) is 31.8 Å². The summed E-state index contributed by atoms with van der Waals surface area (Å²) >= 11 is 3.52. The maximum atomic E-state index is 6.04. The fourth-order valence-electron chi connectivity index (χ4n) is 2.97. The van der Waals surface area contributed by atoms with Gasteiger partial charge < -0.3 is 10.6 Å². The highest BCUT2D eigenvalue weighted by molar-refractivity contribution is 9.10. The van der Waals surface area contributed by atoms with Gasteiger partial charge >= 0.3 is 0 Å². The third-order valence-electron chi connectivity index (χ3n) is 4.03. The summed E-state index contributed by atoms with van der Waals surface area (Å²) < 4.78 is 1.13. The maximum Gasteiger partial charge on any atom is 0.0375 e. The molecule has 1 aliphatic rings. The number of nitrogens with two attached hydrogens (primary N) is 1. The summed E-state index contributed by atoms with van der Waals surface area (Å²) in [6, 6.07) is 14.0. The summed E-state index contributed by atoms with van der Waals surface area (Å²) in [6.07, 6.45) is 2.17. The molecule has 1 heterocycles. The second-order valence-electron chi connectivity index (χ2n) is 5.50. The van der Waals surface area contributed by atoms with Crippen molar-refractivity contribution in [2.75, 3.05) is 11.4 Å². The number of benzene rings is 2. The topological polar surface area (TPSA) is 29.3 Å². The van der Waals surface area contributed by atoms with Crippen molar-refractivity contribution in [1.82, 2.24) is 0 Å². The van der Waals surface area contributed by atoms with Gasteiger partial charge in [-0.1, -0.05) is 28.1 Å². The molecule has 3 heteroatoms. The lowest BCUT2D eigenvalue weighted by atomic mass is 9.98. The Bertz CT molecular complexity index is 596. The Morgan fingerprint density at radius 3 is 2.68 bits per heavy atom. The molecule has 2 aromatic rings. The standard InChI is InChI=1S/C16H19BrN2/c1-11-8-15(18)6-7-19(11)16-5-3-12-9-14(17)4-2-13(12)10-16/h2-5,9-11,15H,6-8,18H2,1H3. The summed E-state index contributed by atoms with van der Waals surface area (Å²) in [7, 11) is 0. The van der Waals surface area contributed by atoms with Crippen LogP contribution in [0.4, 0.5) is 5.69 Å². The van der Waals surface area contributed by atoms with Gasteiger partial charge in [0.1, 0.15) is 0 Å². The molecule has 1 aliphatic heterocycles. The van der Waals surface area contributed by atoms with E-state index in [4.69, 9.17) is 5.73 Å². The number of hydrogen-bond donors (Lipinski definition) is 1. The van der Waals surface area contributed by atoms with Gasteiger partial charge in [-0.15, -0.1) is 0 Å². The zero-order valence-electron chi connectivity index (χ0n) is 11.1. The van der Waals surface area contributed by atoms with Crippen LogP contribution < -0.4 is 10.6 Å². The molecule has 2 nitrogen and oxygen atoms in total. The highest BCUT2D eigenvalue weighted by atomic mass is 79.9. The van der Waals surface area contributed by atoms with Crippen molar-refractivity contribution < 1.29 is 0 Å². The van der Waals surface area contributed by atoms with Gasteiger partial charge in [-0.3, -0.25) is 0 Å². The molecule has 1 fully saturated rings. The number of anilines is 1. The molecule has 0 radical (unpaired) electrons. The van der Waals surface area contributed by atoms with E-state index in [0.717, 1.165) is 23.9 Å². The zero-order chi connectivity index (χ0) is 13.4. The molecule has 2 unspecified atom stereocenters. The number of rotatable bonds is 1. The van der Waals surface area contributed by atoms with Crippen LogP contribution in [0, 0.1) is 0 Å². The van der Waals surface area contributed by atoms with E-state index in [1.165, 1.54) is 16.5 Å². The van der Waals surface area contributed by atoms with Gasteiger partial charge in [0, 0.05) is 28.8 Å². The zero-order valence-corrected chi connectivity index (χ0v) is 12.7. The number of piperidine rings is 1. The van der Waals surface area contributed by atoms with Crippen LogP contribution in [-0.2, 0) is 0 Å². The van der Waals surface area contributed by atoms with Gasteiger partial charge in [0.25, 0.3) is 0 Å². The van der Waals surface area contributed by atoms with Crippen LogP contribution in [0.1, 0.15) is 19.8 Å². The summed E-state index contributed by atoms with van der Waals surface area (Å²) in [5, 5.41) is 2.57. The highest BCUT2D eigenvalue weighted by Crippen LogP contribution is 2.28. The van der Waals surface area contributed by atoms with Crippen molar-refractivity contribution in [3.05, 3.63) is 40.9 Å². The molecule has 19 heavy (non-hydrogen) atoms. The van der Waals surface area contributed by atoms with E-state index in [2.05, 4.69) is 64.2 Å². The van der Waals surface area contributed by atoms with Crippen LogP contribution in [-0.4, -0.2) is 18.6 Å². The van der Waals surface area contributed by atoms with E-state index in [1.807, 2.05) is 0 Å². The van der Waals surface area contributed by atoms with E-state index >= 15 is 0 Å². The lowest BCUT2D eigenvalue weighted by Gasteiger charge is -2.38. The molecule has 0 aromatic heterocycles. The first-order valence-corrected chi connectivity index (χ1v) is 7.64. The van der Waals surface area contributed by atoms with Crippen molar-refractivity contribution in [2.24, 2.45) is 5.73 Å². The van der Waals surface area contributed by atoms with Crippen LogP contribution >= 0.6 is 15.9 Å². The Morgan fingerprint density at radius 2 is 1.89 bits per heavy atom. The molecule has 0 bridgehead atoms. The summed E-state index contributed by atoms with van der Waals surface area (Å²) in [5.41, 5.74) is 7.35. The molecule has 0 amide bonds. The smallest absolute Gasteiger partial charge is 0.0375 e. The van der Waals surface area contributed by atoms with Gasteiger partial charge in [-0.2, -0.15) is 0 Å². The normalized spacial score (nSPS) is 23.8. The number of fused-ring (bicyclic) bond motifs is 1. The van der Waals surface area contributed by atoms with Gasteiger partial charge in [-0.05, 0) is 54.8 Å². The average molecular weight is 319 g/mol. The molecule has 0 aliphatic carbocycles. The second-order valence-corrected chi connectivity index (χ2v) is 6.42. The summed E-state index contributed by atoms with van der Waals surface area (Å²) in [5.74, 6) is 0. The number of hydrogen-bond acceptors (Lipinski definition) is 2. The quantitative estimate of drug-likeness (QED) is 0.863. The molecule has 2 N–H and O–H groups in total. The molecular weight excluding hydrogens is 300 g/mol. The maximum absolute atomic E-state index is 6.04. The van der Waals surface area contributed by atoms with E-state index < -0.39 is 0 Å². The number of halogens is 1. The molecule has 2 atom stereocenters. The Morgan fingerprint density at radius 1 is 1.16 bits per heavy atom. The van der Waals surface area contributed by atoms with Gasteiger partial charge in [-0.25, -0.2) is 0 Å². The second kappa shape index (κ2) is 5.14. The number of nitrogens with zero attached hydrogens (tertiary/aromatic N) is 1. The Hall–Kier alpha value is -1.06. The van der Waals surface area contributed by atoms with E-state index in [0.29, 0.717) is 12.1 Å². The first kappa shape index (κ1) is 12.9. The van der Waals surface area contributed by atoms with Crippen molar-refractivity contribution >= 4 is 32.4 Å². The fourth-order valence-corrected chi connectivity index (χ4v) is 3.35. The molecular formula is C16H19BrN2. The SMILES string of the molecule is CC1CC(N)CCN1c1ccc2cc(Br)ccc2c1. The Labute approximate surface area is 122 Å². The molecule has 1 saturated heterocycles. The minimum Gasteiger partial charge on any atom is -0.369 e. The molecule has 100 valence electrons. The van der Waals surface area contributed by atoms with Crippen LogP contribution in [0.15, 0.2) is 40.9 Å². The predicted octanol–water partition coefficient (Wildman–Crippen LogP) is 3.92. The molecule has 0 spiro atoms. The average Bonchev–Trinajstić information content (AvgIpc) is 2.38. The van der Waals surface area contributed by atoms with Crippen LogP contribution in [0.5, 0.6) is 0 Å². The van der Waals surface area contributed by atoms with Crippen LogP contribution in [0.3, 0.4) is 0 Å². The third-order valence-corrected chi connectivity index (χ3v) is 4.53. The fraction of sp³-hybridized carbons (Fsp3) is 0.375. The van der Waals surface area contributed by atoms with Crippen molar-refractivity contribution in [1.29, 1.82) is 0 Å². The molecule has 2 aromatic carbocycles. The van der Waals surface area contributed by atoms with E-state index in [1.54, 1.807) is 0 Å². The molecule has 3 rings (SSSR count). The van der Waals surface area contributed by atoms with E-state index in [9.17, 15) is 0 Å². The molecule has 0 saturated carbocycles. The lowest BCUT2D eigenvalue weighted by Crippen LogP contribution is -2.45. The van der Waals surface area contributed by atoms with Gasteiger partial charge in [0.2, 0.25) is 0 Å². The Balaban J connectivity index is 1.95. The van der Waals surface area contributed by atoms with Gasteiger partial charge in [0.05, 0.1) is 0 Å². The Kier molecular flexibility index (Phi) is 3.50. The first-order chi connectivity index (χ1) is 9.13. The minimum absolute atomic E-state index is 0.364. The summed E-state index contributed by atoms with van der Waals surface area (Å²) in [6.45, 7) is 3.33. The van der Waals surface area contributed by atoms with Crippen molar-refractivity contribution in [3.63, 3.8) is 0 Å². The monoisotopic (exact) mass is 318 g/mol. The first-order valence-electron chi connectivity index (χ1n) is 6.85. The van der Waals surface area contributed by atoms with E-state index in [-0.39, 0.29) is 0 Å². The predicted molar refractivity (Wildman–Crippen MR) is 85.7 cm³/mol. The van der Waals surface area contributed by atoms with Crippen LogP contribution in [0.25, 0.3) is 10.8 Å². The van der Waals surface area contributed by atoms with Gasteiger partial charge in [0.15, 0.2) is 0 Å². The minimum atomic E-state index is 0.364. The van der Waals surface area contributed by atoms with Crippen molar-refractivity contribution in [3.8, 4) is 0 Å². The third kappa shape index (κ3) is 2.63. The summed E-state index contributed by atoms with van der Waals surface area (Å²) in [4.78, 5) is 2.48. The highest BCUT2D eigenvalue weighted by Gasteiger charge is 2.23. The lowest BCUT2D eigenvalue weighted by molar-refractivity contribution is 0.430. The van der Waals surface area contributed by atoms with Crippen LogP contribution in [0.2, 0.25) is 0 Å².